The van der Waals surface area contributed by atoms with E-state index >= 15 is 0 Å². The Kier molecular flexibility index (Phi) is 4.53. The van der Waals surface area contributed by atoms with Gasteiger partial charge in [-0.05, 0) is 37.2 Å². The minimum absolute atomic E-state index is 0.879. The fourth-order valence-corrected chi connectivity index (χ4v) is 1.26. The molecule has 2 radical (unpaired) electrons. The molecule has 0 unspecified atom stereocenters. The Bertz CT molecular complexity index is 278. The maximum absolute atomic E-state index is 5.69. The Balaban J connectivity index is 2.50. The van der Waals surface area contributed by atoms with Gasteiger partial charge in [-0.2, -0.15) is 0 Å². The maximum Gasteiger partial charge on any atom is 0.182 e. The molecule has 0 aromatic heterocycles. The highest BCUT2D eigenvalue weighted by molar-refractivity contribution is 6.04. The predicted octanol–water partition coefficient (Wildman–Crippen LogP) is 1.64. The van der Waals surface area contributed by atoms with Gasteiger partial charge in [0, 0.05) is 0 Å². The lowest BCUT2D eigenvalue weighted by Gasteiger charge is -2.14. The van der Waals surface area contributed by atoms with Gasteiger partial charge < -0.3 is 9.55 Å². The van der Waals surface area contributed by atoms with Crippen LogP contribution in [-0.4, -0.2) is 33.0 Å². The lowest BCUT2D eigenvalue weighted by Crippen LogP contribution is -2.22. The molecule has 0 spiro atoms. The van der Waals surface area contributed by atoms with Gasteiger partial charge in [0.2, 0.25) is 0 Å². The fourth-order valence-electron chi connectivity index (χ4n) is 1.26. The van der Waals surface area contributed by atoms with E-state index in [-0.39, 0.29) is 0 Å². The molecule has 1 rings (SSSR count). The fraction of sp³-hybridized carbons (Fsp3) is 0.455. The third-order valence-electron chi connectivity index (χ3n) is 2.23. The average Bonchev–Trinajstić information content (AvgIpc) is 2.26. The summed E-state index contributed by atoms with van der Waals surface area (Å²) in [7, 11) is 7.37. The van der Waals surface area contributed by atoms with E-state index in [1.807, 2.05) is 25.1 Å². The van der Waals surface area contributed by atoms with Crippen molar-refractivity contribution in [3.8, 4) is 5.75 Å². The van der Waals surface area contributed by atoms with E-state index in [2.05, 4.69) is 6.07 Å². The van der Waals surface area contributed by atoms with Crippen molar-refractivity contribution in [1.82, 2.24) is 4.81 Å². The van der Waals surface area contributed by atoms with E-state index in [9.17, 15) is 0 Å². The molecular formula is C11H16BNO. The SMILES string of the molecule is [B]N(CC)CCc1cccc(OC)c1. The first kappa shape index (κ1) is 11.1. The molecular weight excluding hydrogens is 173 g/mol. The molecule has 0 saturated carbocycles. The molecule has 0 aliphatic rings. The average molecular weight is 189 g/mol. The van der Waals surface area contributed by atoms with Crippen LogP contribution in [0.15, 0.2) is 24.3 Å². The van der Waals surface area contributed by atoms with Crippen LogP contribution in [0.3, 0.4) is 0 Å². The van der Waals surface area contributed by atoms with E-state index in [4.69, 9.17) is 12.7 Å². The number of hydrogen-bond acceptors (Lipinski definition) is 2. The van der Waals surface area contributed by atoms with Crippen LogP contribution >= 0.6 is 0 Å². The first-order valence-electron chi connectivity index (χ1n) is 4.89. The molecule has 1 aromatic carbocycles. The van der Waals surface area contributed by atoms with Crippen LogP contribution in [0.2, 0.25) is 0 Å². The second-order valence-electron chi connectivity index (χ2n) is 3.23. The summed E-state index contributed by atoms with van der Waals surface area (Å²) in [6.45, 7) is 3.80. The van der Waals surface area contributed by atoms with Crippen LogP contribution in [0, 0.1) is 0 Å². The molecule has 0 N–H and O–H groups in total. The summed E-state index contributed by atoms with van der Waals surface area (Å²) in [5.74, 6) is 0.905. The predicted molar refractivity (Wildman–Crippen MR) is 59.7 cm³/mol. The molecule has 3 heteroatoms. The van der Waals surface area contributed by atoms with E-state index in [0.717, 1.165) is 25.3 Å². The minimum Gasteiger partial charge on any atom is -0.497 e. The summed E-state index contributed by atoms with van der Waals surface area (Å²) in [5, 5.41) is 0. The van der Waals surface area contributed by atoms with Crippen molar-refractivity contribution in [2.75, 3.05) is 20.2 Å². The molecule has 1 aromatic rings. The van der Waals surface area contributed by atoms with Crippen molar-refractivity contribution in [3.05, 3.63) is 29.8 Å². The number of methoxy groups -OCH3 is 1. The Morgan fingerprint density at radius 1 is 1.43 bits per heavy atom. The molecule has 0 aliphatic carbocycles. The Morgan fingerprint density at radius 3 is 2.86 bits per heavy atom. The monoisotopic (exact) mass is 189 g/mol. The Hall–Kier alpha value is -0.955. The summed E-state index contributed by atoms with van der Waals surface area (Å²) in [6, 6.07) is 8.08. The topological polar surface area (TPSA) is 12.5 Å². The second-order valence-corrected chi connectivity index (χ2v) is 3.23. The lowest BCUT2D eigenvalue weighted by atomic mass is 10.1. The zero-order valence-corrected chi connectivity index (χ0v) is 8.86. The van der Waals surface area contributed by atoms with E-state index in [1.54, 1.807) is 11.9 Å². The van der Waals surface area contributed by atoms with Crippen molar-refractivity contribution in [3.63, 3.8) is 0 Å². The van der Waals surface area contributed by atoms with Gasteiger partial charge in [0.15, 0.2) is 7.98 Å². The molecule has 0 amide bonds. The smallest absolute Gasteiger partial charge is 0.182 e. The molecule has 0 heterocycles. The summed E-state index contributed by atoms with van der Waals surface area (Å²) in [4.78, 5) is 1.81. The molecule has 2 nitrogen and oxygen atoms in total. The summed E-state index contributed by atoms with van der Waals surface area (Å²) in [5.41, 5.74) is 1.26. The number of benzene rings is 1. The highest BCUT2D eigenvalue weighted by Gasteiger charge is 1.98. The highest BCUT2D eigenvalue weighted by Crippen LogP contribution is 2.12. The molecule has 0 aliphatic heterocycles. The van der Waals surface area contributed by atoms with E-state index in [0.29, 0.717) is 0 Å². The zero-order valence-electron chi connectivity index (χ0n) is 8.86. The standard InChI is InChI=1S/C11H16BNO/c1-3-13(12)8-7-10-5-4-6-11(9-10)14-2/h4-6,9H,3,7-8H2,1-2H3. The van der Waals surface area contributed by atoms with Crippen molar-refractivity contribution < 1.29 is 4.74 Å². The normalized spacial score (nSPS) is 10.5. The van der Waals surface area contributed by atoms with Gasteiger partial charge >= 0.3 is 0 Å². The van der Waals surface area contributed by atoms with Crippen LogP contribution < -0.4 is 4.74 Å². The second kappa shape index (κ2) is 5.71. The first-order chi connectivity index (χ1) is 6.76. The van der Waals surface area contributed by atoms with Gasteiger partial charge in [0.1, 0.15) is 5.75 Å². The van der Waals surface area contributed by atoms with Crippen LogP contribution in [0.4, 0.5) is 0 Å². The van der Waals surface area contributed by atoms with Gasteiger partial charge in [-0.1, -0.05) is 19.1 Å². The molecule has 0 bridgehead atoms. The van der Waals surface area contributed by atoms with Crippen LogP contribution in [-0.2, 0) is 6.42 Å². The maximum atomic E-state index is 5.69. The molecule has 0 saturated heterocycles. The lowest BCUT2D eigenvalue weighted by molar-refractivity contribution is 0.413. The number of nitrogens with zero attached hydrogens (tertiary/aromatic N) is 1. The Morgan fingerprint density at radius 2 is 2.21 bits per heavy atom. The summed E-state index contributed by atoms with van der Waals surface area (Å²) in [6.07, 6.45) is 0.960. The van der Waals surface area contributed by atoms with Gasteiger partial charge in [0.25, 0.3) is 0 Å². The van der Waals surface area contributed by atoms with Crippen molar-refractivity contribution in [2.24, 2.45) is 0 Å². The van der Waals surface area contributed by atoms with E-state index < -0.39 is 0 Å². The number of ether oxygens (including phenoxy) is 1. The van der Waals surface area contributed by atoms with Gasteiger partial charge in [-0.3, -0.25) is 0 Å². The van der Waals surface area contributed by atoms with Crippen molar-refractivity contribution >= 4 is 7.98 Å². The third-order valence-corrected chi connectivity index (χ3v) is 2.23. The summed E-state index contributed by atoms with van der Waals surface area (Å²) < 4.78 is 5.14. The van der Waals surface area contributed by atoms with Gasteiger partial charge in [-0.25, -0.2) is 0 Å². The van der Waals surface area contributed by atoms with Gasteiger partial charge in [0.05, 0.1) is 7.11 Å². The van der Waals surface area contributed by atoms with E-state index in [1.165, 1.54) is 5.56 Å². The molecule has 74 valence electrons. The van der Waals surface area contributed by atoms with Crippen LogP contribution in [0.25, 0.3) is 0 Å². The minimum atomic E-state index is 0.879. The molecule has 0 fully saturated rings. The van der Waals surface area contributed by atoms with Crippen molar-refractivity contribution in [2.45, 2.75) is 13.3 Å². The Labute approximate surface area is 87.3 Å². The summed E-state index contributed by atoms with van der Waals surface area (Å²) >= 11 is 0. The first-order valence-corrected chi connectivity index (χ1v) is 4.89. The quantitative estimate of drug-likeness (QED) is 0.653. The van der Waals surface area contributed by atoms with Gasteiger partial charge in [-0.15, -0.1) is 0 Å². The molecule has 14 heavy (non-hydrogen) atoms. The molecule has 0 atom stereocenters. The van der Waals surface area contributed by atoms with Crippen LogP contribution in [0.1, 0.15) is 12.5 Å². The third kappa shape index (κ3) is 3.42. The van der Waals surface area contributed by atoms with Crippen LogP contribution in [0.5, 0.6) is 5.75 Å². The number of hydrogen-bond donors (Lipinski definition) is 0. The number of likely N-dealkylation sites (N-methyl/N-ethyl adjacent to an activating group) is 1. The largest absolute Gasteiger partial charge is 0.497 e. The van der Waals surface area contributed by atoms with Crippen molar-refractivity contribution in [1.29, 1.82) is 0 Å². The highest BCUT2D eigenvalue weighted by atomic mass is 16.5. The zero-order chi connectivity index (χ0) is 10.4. The number of rotatable bonds is 5.